The molecule has 29 heavy (non-hydrogen) atoms. The number of fused-ring (bicyclic) bond motifs is 3. The Balaban J connectivity index is 1.48. The summed E-state index contributed by atoms with van der Waals surface area (Å²) in [6.07, 6.45) is 3.44. The SMILES string of the molecule is Cn1nc(C(=O)Nc2ccc(-c3ccccc3)n2C)c2c1-c1ncccc1CC2. The van der Waals surface area contributed by atoms with Crippen molar-refractivity contribution in [2.45, 2.75) is 12.8 Å². The van der Waals surface area contributed by atoms with Crippen molar-refractivity contribution in [3.8, 4) is 22.6 Å². The summed E-state index contributed by atoms with van der Waals surface area (Å²) in [7, 11) is 3.82. The molecule has 5 rings (SSSR count). The van der Waals surface area contributed by atoms with E-state index in [1.165, 1.54) is 5.56 Å². The van der Waals surface area contributed by atoms with E-state index in [0.717, 1.165) is 46.9 Å². The Hall–Kier alpha value is -3.67. The lowest BCUT2D eigenvalue weighted by Crippen LogP contribution is -2.17. The Labute approximate surface area is 168 Å². The molecule has 4 aromatic rings. The van der Waals surface area contributed by atoms with Crippen molar-refractivity contribution in [1.82, 2.24) is 19.3 Å². The molecule has 0 unspecified atom stereocenters. The molecule has 144 valence electrons. The lowest BCUT2D eigenvalue weighted by atomic mass is 9.92. The number of nitrogens with one attached hydrogen (secondary N) is 1. The molecule has 6 nitrogen and oxygen atoms in total. The van der Waals surface area contributed by atoms with Crippen LogP contribution in [0.4, 0.5) is 5.82 Å². The minimum absolute atomic E-state index is 0.193. The number of hydrogen-bond acceptors (Lipinski definition) is 3. The fraction of sp³-hybridized carbons (Fsp3) is 0.174. The van der Waals surface area contributed by atoms with E-state index in [-0.39, 0.29) is 5.91 Å². The second kappa shape index (κ2) is 6.74. The largest absolute Gasteiger partial charge is 0.330 e. The summed E-state index contributed by atoms with van der Waals surface area (Å²) in [5, 5.41) is 7.57. The van der Waals surface area contributed by atoms with Crippen LogP contribution >= 0.6 is 0 Å². The summed E-state index contributed by atoms with van der Waals surface area (Å²) in [5.74, 6) is 0.546. The third-order valence-corrected chi connectivity index (χ3v) is 5.55. The van der Waals surface area contributed by atoms with Crippen LogP contribution in [-0.4, -0.2) is 25.2 Å². The van der Waals surface area contributed by atoms with Crippen LogP contribution in [0, 0.1) is 0 Å². The molecule has 0 spiro atoms. The van der Waals surface area contributed by atoms with E-state index in [0.29, 0.717) is 5.69 Å². The van der Waals surface area contributed by atoms with E-state index in [9.17, 15) is 4.79 Å². The molecule has 0 aliphatic heterocycles. The van der Waals surface area contributed by atoms with Crippen LogP contribution in [0.1, 0.15) is 21.6 Å². The van der Waals surface area contributed by atoms with Gasteiger partial charge in [0.1, 0.15) is 5.82 Å². The third-order valence-electron chi connectivity index (χ3n) is 5.55. The number of aryl methyl sites for hydroxylation is 2. The number of benzene rings is 1. The van der Waals surface area contributed by atoms with Gasteiger partial charge in [-0.3, -0.25) is 14.5 Å². The molecule has 1 aliphatic rings. The van der Waals surface area contributed by atoms with E-state index in [1.54, 1.807) is 10.9 Å². The van der Waals surface area contributed by atoms with Crippen molar-refractivity contribution in [1.29, 1.82) is 0 Å². The zero-order valence-corrected chi connectivity index (χ0v) is 16.4. The second-order valence-electron chi connectivity index (χ2n) is 7.29. The van der Waals surface area contributed by atoms with Crippen molar-refractivity contribution < 1.29 is 4.79 Å². The summed E-state index contributed by atoms with van der Waals surface area (Å²) >= 11 is 0. The number of carbonyl (C=O) groups is 1. The molecule has 1 aliphatic carbocycles. The lowest BCUT2D eigenvalue weighted by Gasteiger charge is -2.16. The monoisotopic (exact) mass is 383 g/mol. The highest BCUT2D eigenvalue weighted by atomic mass is 16.2. The minimum Gasteiger partial charge on any atom is -0.330 e. The maximum atomic E-state index is 13.1. The number of pyridine rings is 1. The number of nitrogens with zero attached hydrogens (tertiary/aromatic N) is 4. The maximum Gasteiger partial charge on any atom is 0.277 e. The van der Waals surface area contributed by atoms with E-state index in [4.69, 9.17) is 0 Å². The molecular weight excluding hydrogens is 362 g/mol. The summed E-state index contributed by atoms with van der Waals surface area (Å²) in [6, 6.07) is 18.1. The van der Waals surface area contributed by atoms with Crippen molar-refractivity contribution in [3.63, 3.8) is 0 Å². The Morgan fingerprint density at radius 3 is 2.66 bits per heavy atom. The standard InChI is InChI=1S/C23H21N5O/c1-27-18(15-7-4-3-5-8-15)12-13-19(27)25-23(29)21-17-11-10-16-9-6-14-24-20(16)22(17)28(2)26-21/h3-9,12-14H,10-11H2,1-2H3,(H,25,29). The van der Waals surface area contributed by atoms with E-state index in [2.05, 4.69) is 33.6 Å². The number of anilines is 1. The minimum atomic E-state index is -0.193. The van der Waals surface area contributed by atoms with Crippen LogP contribution in [0.5, 0.6) is 0 Å². The normalized spacial score (nSPS) is 12.3. The van der Waals surface area contributed by atoms with Crippen LogP contribution in [0.25, 0.3) is 22.6 Å². The predicted molar refractivity (Wildman–Crippen MR) is 113 cm³/mol. The zero-order chi connectivity index (χ0) is 20.0. The molecule has 0 atom stereocenters. The van der Waals surface area contributed by atoms with Gasteiger partial charge in [-0.2, -0.15) is 5.10 Å². The van der Waals surface area contributed by atoms with Crippen LogP contribution < -0.4 is 5.32 Å². The number of rotatable bonds is 3. The Kier molecular flexibility index (Phi) is 4.05. The van der Waals surface area contributed by atoms with Gasteiger partial charge in [-0.1, -0.05) is 36.4 Å². The Morgan fingerprint density at radius 2 is 1.83 bits per heavy atom. The number of amides is 1. The smallest absolute Gasteiger partial charge is 0.277 e. The molecule has 3 aromatic heterocycles. The van der Waals surface area contributed by atoms with Crippen LogP contribution in [0.3, 0.4) is 0 Å². The summed E-state index contributed by atoms with van der Waals surface area (Å²) in [4.78, 5) is 17.6. The van der Waals surface area contributed by atoms with Gasteiger partial charge in [-0.05, 0) is 42.2 Å². The van der Waals surface area contributed by atoms with Crippen molar-refractivity contribution >= 4 is 11.7 Å². The molecule has 0 fully saturated rings. The van der Waals surface area contributed by atoms with Crippen molar-refractivity contribution in [3.05, 3.63) is 77.6 Å². The molecule has 3 heterocycles. The highest BCUT2D eigenvalue weighted by Crippen LogP contribution is 2.33. The quantitative estimate of drug-likeness (QED) is 0.585. The lowest BCUT2D eigenvalue weighted by molar-refractivity contribution is 0.102. The molecule has 6 heteroatoms. The molecule has 0 saturated carbocycles. The van der Waals surface area contributed by atoms with Crippen LogP contribution in [0.15, 0.2) is 60.8 Å². The average molecular weight is 383 g/mol. The fourth-order valence-corrected chi connectivity index (χ4v) is 4.11. The van der Waals surface area contributed by atoms with Gasteiger partial charge in [0.15, 0.2) is 5.69 Å². The highest BCUT2D eigenvalue weighted by Gasteiger charge is 2.28. The molecule has 1 aromatic carbocycles. The molecule has 0 bridgehead atoms. The van der Waals surface area contributed by atoms with Crippen LogP contribution in [-0.2, 0) is 26.9 Å². The Morgan fingerprint density at radius 1 is 1.00 bits per heavy atom. The Bertz CT molecular complexity index is 1220. The van der Waals surface area contributed by atoms with Gasteiger partial charge < -0.3 is 9.88 Å². The van der Waals surface area contributed by atoms with Crippen LogP contribution in [0.2, 0.25) is 0 Å². The van der Waals surface area contributed by atoms with E-state index < -0.39 is 0 Å². The number of carbonyl (C=O) groups excluding carboxylic acids is 1. The maximum absolute atomic E-state index is 13.1. The van der Waals surface area contributed by atoms with Crippen molar-refractivity contribution in [2.75, 3.05) is 5.32 Å². The first-order chi connectivity index (χ1) is 14.1. The van der Waals surface area contributed by atoms with E-state index in [1.807, 2.05) is 55.1 Å². The first kappa shape index (κ1) is 17.4. The first-order valence-corrected chi connectivity index (χ1v) is 9.66. The van der Waals surface area contributed by atoms with Gasteiger partial charge in [0.25, 0.3) is 5.91 Å². The summed E-state index contributed by atoms with van der Waals surface area (Å²) < 4.78 is 3.76. The molecule has 0 saturated heterocycles. The first-order valence-electron chi connectivity index (χ1n) is 9.66. The van der Waals surface area contributed by atoms with Gasteiger partial charge >= 0.3 is 0 Å². The van der Waals surface area contributed by atoms with Gasteiger partial charge in [0.2, 0.25) is 0 Å². The van der Waals surface area contributed by atoms with Gasteiger partial charge in [0.05, 0.1) is 11.4 Å². The highest BCUT2D eigenvalue weighted by molar-refractivity contribution is 6.05. The van der Waals surface area contributed by atoms with Crippen molar-refractivity contribution in [2.24, 2.45) is 14.1 Å². The third kappa shape index (κ3) is 2.84. The number of aromatic nitrogens is 4. The molecule has 1 N–H and O–H groups in total. The zero-order valence-electron chi connectivity index (χ0n) is 16.4. The van der Waals surface area contributed by atoms with Gasteiger partial charge in [-0.15, -0.1) is 0 Å². The van der Waals surface area contributed by atoms with Gasteiger partial charge in [0, 0.05) is 31.5 Å². The molecule has 0 radical (unpaired) electrons. The molecule has 1 amide bonds. The molecular formula is C23H21N5O. The predicted octanol–water partition coefficient (Wildman–Crippen LogP) is 3.84. The fourth-order valence-electron chi connectivity index (χ4n) is 4.11. The number of hydrogen-bond donors (Lipinski definition) is 1. The summed E-state index contributed by atoms with van der Waals surface area (Å²) in [5.41, 5.74) is 6.65. The summed E-state index contributed by atoms with van der Waals surface area (Å²) in [6.45, 7) is 0. The topological polar surface area (TPSA) is 64.7 Å². The second-order valence-corrected chi connectivity index (χ2v) is 7.29. The van der Waals surface area contributed by atoms with E-state index >= 15 is 0 Å². The average Bonchev–Trinajstić information content (AvgIpc) is 3.29. The van der Waals surface area contributed by atoms with Gasteiger partial charge in [-0.25, -0.2) is 0 Å².